The van der Waals surface area contributed by atoms with E-state index >= 15 is 0 Å². The summed E-state index contributed by atoms with van der Waals surface area (Å²) in [7, 11) is 0. The van der Waals surface area contributed by atoms with Crippen LogP contribution in [0.2, 0.25) is 0 Å². The third kappa shape index (κ3) is 4.86. The van der Waals surface area contributed by atoms with E-state index in [0.717, 1.165) is 0 Å². The molecule has 0 spiro atoms. The van der Waals surface area contributed by atoms with Gasteiger partial charge < -0.3 is 5.32 Å². The van der Waals surface area contributed by atoms with Crippen molar-refractivity contribution in [3.05, 3.63) is 11.6 Å². The molecule has 2 heterocycles. The minimum absolute atomic E-state index is 1.25. The van der Waals surface area contributed by atoms with E-state index < -0.39 is 0 Å². The van der Waals surface area contributed by atoms with Crippen molar-refractivity contribution in [1.29, 1.82) is 0 Å². The second-order valence-electron chi connectivity index (χ2n) is 2.40. The first kappa shape index (κ1) is 8.62. The molecule has 0 unspecified atom stereocenters. The van der Waals surface area contributed by atoms with Gasteiger partial charge in [-0.3, -0.25) is 0 Å². The van der Waals surface area contributed by atoms with Gasteiger partial charge in [0, 0.05) is 5.38 Å². The van der Waals surface area contributed by atoms with Gasteiger partial charge in [-0.15, -0.1) is 5.10 Å². The summed E-state index contributed by atoms with van der Waals surface area (Å²) in [5.74, 6) is 0. The van der Waals surface area contributed by atoms with Crippen LogP contribution in [-0.2, 0) is 0 Å². The van der Waals surface area contributed by atoms with Gasteiger partial charge in [0.15, 0.2) is 0 Å². The maximum absolute atomic E-state index is 3.51. The van der Waals surface area contributed by atoms with E-state index in [0.29, 0.717) is 0 Å². The topological polar surface area (TPSA) is 37.8 Å². The minimum atomic E-state index is 1.25. The van der Waals surface area contributed by atoms with E-state index in [1.165, 1.54) is 43.9 Å². The van der Waals surface area contributed by atoms with Crippen LogP contribution >= 0.6 is 11.5 Å². The smallest absolute Gasteiger partial charge is 0.0620 e. The molecule has 1 N–H and O–H groups in total. The summed E-state index contributed by atoms with van der Waals surface area (Å²) in [6.07, 6.45) is 5.87. The lowest BCUT2D eigenvalue weighted by Gasteiger charge is -2.08. The molecule has 0 bridgehead atoms. The van der Waals surface area contributed by atoms with Gasteiger partial charge in [-0.2, -0.15) is 0 Å². The lowest BCUT2D eigenvalue weighted by atomic mass is 10.2. The number of nitrogens with one attached hydrogen (secondary N) is 1. The van der Waals surface area contributed by atoms with Crippen molar-refractivity contribution in [2.45, 2.75) is 19.3 Å². The summed E-state index contributed by atoms with van der Waals surface area (Å²) < 4.78 is 3.51. The van der Waals surface area contributed by atoms with Crippen molar-refractivity contribution in [3.8, 4) is 0 Å². The molecule has 0 radical (unpaired) electrons. The summed E-state index contributed by atoms with van der Waals surface area (Å²) in [4.78, 5) is 0. The van der Waals surface area contributed by atoms with Gasteiger partial charge in [0.25, 0.3) is 0 Å². The average Bonchev–Trinajstić information content (AvgIpc) is 2.64. The molecule has 0 aliphatic carbocycles. The molecule has 0 atom stereocenters. The van der Waals surface area contributed by atoms with Crippen LogP contribution in [0.25, 0.3) is 0 Å². The number of piperidine rings is 1. The number of hydrogen-bond donors (Lipinski definition) is 1. The Morgan fingerprint density at radius 3 is 2.18 bits per heavy atom. The van der Waals surface area contributed by atoms with Crippen molar-refractivity contribution in [2.75, 3.05) is 13.1 Å². The Kier molecular flexibility index (Phi) is 4.89. The zero-order valence-electron chi connectivity index (χ0n) is 6.49. The second-order valence-corrected chi connectivity index (χ2v) is 3.04. The fourth-order valence-electron chi connectivity index (χ4n) is 0.938. The highest BCUT2D eigenvalue weighted by molar-refractivity contribution is 7.03. The molecule has 62 valence electrons. The first-order valence-corrected chi connectivity index (χ1v) is 4.75. The van der Waals surface area contributed by atoms with Crippen LogP contribution in [0.15, 0.2) is 11.6 Å². The minimum Gasteiger partial charge on any atom is -0.317 e. The molecule has 0 amide bonds. The first-order valence-electron chi connectivity index (χ1n) is 3.92. The lowest BCUT2D eigenvalue weighted by Crippen LogP contribution is -2.21. The SMILES string of the molecule is C1CCNCC1.c1csnn1. The van der Waals surface area contributed by atoms with Crippen molar-refractivity contribution < 1.29 is 0 Å². The second kappa shape index (κ2) is 6.24. The van der Waals surface area contributed by atoms with E-state index in [2.05, 4.69) is 14.9 Å². The van der Waals surface area contributed by atoms with Crippen LogP contribution < -0.4 is 5.32 Å². The molecule has 1 aliphatic rings. The molecule has 0 saturated carbocycles. The average molecular weight is 171 g/mol. The summed E-state index contributed by atoms with van der Waals surface area (Å²) in [6.45, 7) is 2.50. The van der Waals surface area contributed by atoms with Crippen molar-refractivity contribution in [1.82, 2.24) is 14.9 Å². The van der Waals surface area contributed by atoms with Gasteiger partial charge in [-0.25, -0.2) is 0 Å². The molecule has 0 aromatic carbocycles. The first-order chi connectivity index (χ1) is 5.50. The maximum atomic E-state index is 3.51. The number of aromatic nitrogens is 2. The summed E-state index contributed by atoms with van der Waals surface area (Å²) in [6, 6.07) is 0. The third-order valence-corrected chi connectivity index (χ3v) is 1.92. The standard InChI is InChI=1S/C5H11N.C2H2N2S/c1-2-4-6-5-3-1;1-2-5-4-3-1/h6H,1-5H2;1-2H. The van der Waals surface area contributed by atoms with Crippen molar-refractivity contribution >= 4 is 11.5 Å². The van der Waals surface area contributed by atoms with E-state index in [1.807, 2.05) is 5.38 Å². The molecule has 11 heavy (non-hydrogen) atoms. The van der Waals surface area contributed by atoms with Gasteiger partial charge in [-0.1, -0.05) is 10.9 Å². The monoisotopic (exact) mass is 171 g/mol. The Balaban J connectivity index is 0.000000112. The Bertz CT molecular complexity index is 120. The lowest BCUT2D eigenvalue weighted by molar-refractivity contribution is 0.520. The van der Waals surface area contributed by atoms with Crippen LogP contribution in [0.3, 0.4) is 0 Å². The molecule has 4 heteroatoms. The zero-order valence-corrected chi connectivity index (χ0v) is 7.31. The Labute approximate surface area is 71.0 Å². The van der Waals surface area contributed by atoms with Gasteiger partial charge in [-0.05, 0) is 37.5 Å². The van der Waals surface area contributed by atoms with Gasteiger partial charge >= 0.3 is 0 Å². The van der Waals surface area contributed by atoms with Gasteiger partial charge in [0.1, 0.15) is 0 Å². The van der Waals surface area contributed by atoms with Gasteiger partial charge in [0.05, 0.1) is 6.20 Å². The van der Waals surface area contributed by atoms with Crippen LogP contribution in [0.4, 0.5) is 0 Å². The van der Waals surface area contributed by atoms with Crippen LogP contribution in [-0.4, -0.2) is 22.7 Å². The highest BCUT2D eigenvalue weighted by Crippen LogP contribution is 1.96. The van der Waals surface area contributed by atoms with Crippen molar-refractivity contribution in [2.24, 2.45) is 0 Å². The van der Waals surface area contributed by atoms with Crippen LogP contribution in [0, 0.1) is 0 Å². The Hall–Kier alpha value is -0.480. The summed E-state index contributed by atoms with van der Waals surface area (Å²) in [5.41, 5.74) is 0. The highest BCUT2D eigenvalue weighted by atomic mass is 32.1. The molecule has 1 fully saturated rings. The maximum Gasteiger partial charge on any atom is 0.0620 e. The Morgan fingerprint density at radius 1 is 1.18 bits per heavy atom. The molecule has 1 aromatic heterocycles. The number of rotatable bonds is 0. The number of nitrogens with zero attached hydrogens (tertiary/aromatic N) is 2. The number of hydrogen-bond acceptors (Lipinski definition) is 4. The largest absolute Gasteiger partial charge is 0.317 e. The van der Waals surface area contributed by atoms with E-state index in [9.17, 15) is 0 Å². The highest BCUT2D eigenvalue weighted by Gasteiger charge is 1.93. The quantitative estimate of drug-likeness (QED) is 0.639. The van der Waals surface area contributed by atoms with Crippen LogP contribution in [0.5, 0.6) is 0 Å². The fourth-order valence-corrected chi connectivity index (χ4v) is 1.21. The predicted molar refractivity (Wildman–Crippen MR) is 46.6 cm³/mol. The van der Waals surface area contributed by atoms with Crippen molar-refractivity contribution in [3.63, 3.8) is 0 Å². The molecular weight excluding hydrogens is 158 g/mol. The summed E-state index contributed by atoms with van der Waals surface area (Å²) in [5, 5.41) is 8.59. The molecule has 1 aromatic rings. The molecule has 1 aliphatic heterocycles. The van der Waals surface area contributed by atoms with E-state index in [4.69, 9.17) is 0 Å². The fraction of sp³-hybridized carbons (Fsp3) is 0.714. The van der Waals surface area contributed by atoms with Gasteiger partial charge in [0.2, 0.25) is 0 Å². The van der Waals surface area contributed by atoms with E-state index in [1.54, 1.807) is 6.20 Å². The van der Waals surface area contributed by atoms with E-state index in [-0.39, 0.29) is 0 Å². The van der Waals surface area contributed by atoms with Crippen LogP contribution in [0.1, 0.15) is 19.3 Å². The normalized spacial score (nSPS) is 16.7. The third-order valence-electron chi connectivity index (χ3n) is 1.49. The molecule has 3 nitrogen and oxygen atoms in total. The predicted octanol–water partition coefficient (Wildman–Crippen LogP) is 1.30. The summed E-state index contributed by atoms with van der Waals surface area (Å²) >= 11 is 1.35. The Morgan fingerprint density at radius 2 is 2.00 bits per heavy atom. The molecular formula is C7H13N3S. The molecule has 1 saturated heterocycles. The molecule has 2 rings (SSSR count). The zero-order chi connectivity index (χ0) is 7.78.